The molecule has 18 heteroatoms. The minimum Gasteiger partial charge on any atom is -0.497 e. The van der Waals surface area contributed by atoms with Gasteiger partial charge in [0, 0.05) is 24.3 Å². The Hall–Kier alpha value is -8.02. The van der Waals surface area contributed by atoms with Crippen molar-refractivity contribution in [3.63, 3.8) is 0 Å². The molecule has 0 bridgehead atoms. The largest absolute Gasteiger partial charge is 0.497 e. The monoisotopic (exact) mass is 752 g/mol. The van der Waals surface area contributed by atoms with Gasteiger partial charge in [0.1, 0.15) is 46.8 Å². The molecule has 4 aromatic carbocycles. The third-order valence-corrected chi connectivity index (χ3v) is 8.90. The van der Waals surface area contributed by atoms with Crippen LogP contribution in [0.4, 0.5) is 8.78 Å². The van der Waals surface area contributed by atoms with Crippen molar-refractivity contribution in [2.75, 3.05) is 14.2 Å². The number of methoxy groups -OCH3 is 2. The van der Waals surface area contributed by atoms with Crippen LogP contribution in [0.25, 0.3) is 67.7 Å². The number of imidazole rings is 4. The van der Waals surface area contributed by atoms with Gasteiger partial charge in [-0.25, -0.2) is 47.4 Å². The average molecular weight is 753 g/mol. The van der Waals surface area contributed by atoms with E-state index in [9.17, 15) is 18.4 Å². The number of H-pyrrole nitrogens is 2. The number of aromatic amines is 2. The van der Waals surface area contributed by atoms with Gasteiger partial charge in [-0.15, -0.1) is 0 Å². The van der Waals surface area contributed by atoms with E-state index >= 15 is 0 Å². The number of nitrogens with zero attached hydrogens (tertiary/aromatic N) is 10. The summed E-state index contributed by atoms with van der Waals surface area (Å²) in [6.45, 7) is 0. The van der Waals surface area contributed by atoms with E-state index in [0.29, 0.717) is 73.2 Å². The maximum Gasteiger partial charge on any atom is 0.332 e. The maximum absolute atomic E-state index is 13.7. The standard InChI is InChI=1S/2C19H13FN6O2/c1-28-13-4-2-3-12(8-13)26-17-15(23-19(26)27)9-21-18(24-17)25-10-22-14-7-11(20)5-6-16(14)25;1-28-13-4-2-3-12(8-13)26-17-15(23-19(26)27)9-21-18(24-17)25-10-22-14-6-5-11(20)7-16(14)25/h2*2-10H,1H3,(H,23,27). The first kappa shape index (κ1) is 33.8. The Labute approximate surface area is 311 Å². The fourth-order valence-electron chi connectivity index (χ4n) is 6.28. The second-order valence-corrected chi connectivity index (χ2v) is 12.2. The van der Waals surface area contributed by atoms with Gasteiger partial charge in [-0.2, -0.15) is 9.97 Å². The lowest BCUT2D eigenvalue weighted by atomic mass is 10.3. The van der Waals surface area contributed by atoms with Gasteiger partial charge >= 0.3 is 11.4 Å². The molecule has 0 amide bonds. The Morgan fingerprint density at radius 3 is 1.66 bits per heavy atom. The molecule has 0 aliphatic heterocycles. The molecule has 0 saturated carbocycles. The van der Waals surface area contributed by atoms with Gasteiger partial charge in [0.15, 0.2) is 11.3 Å². The number of rotatable bonds is 6. The van der Waals surface area contributed by atoms with E-state index in [1.54, 1.807) is 84.0 Å². The van der Waals surface area contributed by atoms with Crippen LogP contribution in [0, 0.1) is 11.6 Å². The van der Waals surface area contributed by atoms with Crippen LogP contribution >= 0.6 is 0 Å². The van der Waals surface area contributed by atoms with E-state index in [0.717, 1.165) is 0 Å². The third kappa shape index (κ3) is 5.86. The minimum atomic E-state index is -0.384. The molecule has 16 nitrogen and oxygen atoms in total. The summed E-state index contributed by atoms with van der Waals surface area (Å²) >= 11 is 0. The van der Waals surface area contributed by atoms with Crippen molar-refractivity contribution in [3.05, 3.63) is 143 Å². The molecule has 10 rings (SSSR count). The van der Waals surface area contributed by atoms with Crippen LogP contribution in [0.1, 0.15) is 0 Å². The van der Waals surface area contributed by atoms with E-state index in [-0.39, 0.29) is 29.0 Å². The predicted molar refractivity (Wildman–Crippen MR) is 201 cm³/mol. The first-order valence-corrected chi connectivity index (χ1v) is 16.8. The van der Waals surface area contributed by atoms with Gasteiger partial charge < -0.3 is 19.4 Å². The fraction of sp³-hybridized carbons (Fsp3) is 0.0526. The number of hydrogen-bond donors (Lipinski definition) is 2. The Kier molecular flexibility index (Phi) is 8.11. The molecule has 0 aliphatic carbocycles. The van der Waals surface area contributed by atoms with Gasteiger partial charge in [-0.1, -0.05) is 12.1 Å². The molecule has 6 heterocycles. The van der Waals surface area contributed by atoms with Crippen molar-refractivity contribution in [2.24, 2.45) is 0 Å². The molecular weight excluding hydrogens is 726 g/mol. The Bertz CT molecular complexity index is 3230. The van der Waals surface area contributed by atoms with Crippen LogP contribution in [0.2, 0.25) is 0 Å². The molecule has 0 spiro atoms. The lowest BCUT2D eigenvalue weighted by Crippen LogP contribution is -2.15. The Morgan fingerprint density at radius 2 is 1.09 bits per heavy atom. The average Bonchev–Trinajstić information content (AvgIpc) is 3.99. The number of ether oxygens (including phenoxy) is 2. The van der Waals surface area contributed by atoms with Crippen molar-refractivity contribution in [1.29, 1.82) is 0 Å². The zero-order valence-electron chi connectivity index (χ0n) is 29.3. The summed E-state index contributed by atoms with van der Waals surface area (Å²) in [5.41, 5.74) is 4.58. The fourth-order valence-corrected chi connectivity index (χ4v) is 6.28. The van der Waals surface area contributed by atoms with E-state index in [1.165, 1.54) is 58.4 Å². The highest BCUT2D eigenvalue weighted by atomic mass is 19.1. The molecular formula is C38H26F2N12O4. The second-order valence-electron chi connectivity index (χ2n) is 12.2. The first-order chi connectivity index (χ1) is 27.3. The van der Waals surface area contributed by atoms with Gasteiger partial charge in [0.05, 0.1) is 60.1 Å². The van der Waals surface area contributed by atoms with Gasteiger partial charge in [0.25, 0.3) is 0 Å². The topological polar surface area (TPSA) is 181 Å². The van der Waals surface area contributed by atoms with Crippen molar-refractivity contribution in [3.8, 4) is 34.8 Å². The van der Waals surface area contributed by atoms with Crippen LogP contribution < -0.4 is 20.9 Å². The highest BCUT2D eigenvalue weighted by molar-refractivity contribution is 5.79. The van der Waals surface area contributed by atoms with E-state index in [4.69, 9.17) is 9.47 Å². The van der Waals surface area contributed by atoms with E-state index < -0.39 is 0 Å². The van der Waals surface area contributed by atoms with Crippen LogP contribution in [-0.4, -0.2) is 72.4 Å². The molecule has 0 unspecified atom stereocenters. The molecule has 0 radical (unpaired) electrons. The summed E-state index contributed by atoms with van der Waals surface area (Å²) < 4.78 is 43.7. The highest BCUT2D eigenvalue weighted by Crippen LogP contribution is 2.23. The van der Waals surface area contributed by atoms with Gasteiger partial charge in [0.2, 0.25) is 11.9 Å². The summed E-state index contributed by atoms with van der Waals surface area (Å²) in [5.74, 6) is 1.07. The number of nitrogens with one attached hydrogen (secondary N) is 2. The summed E-state index contributed by atoms with van der Waals surface area (Å²) in [6.07, 6.45) is 6.09. The molecule has 2 N–H and O–H groups in total. The SMILES string of the molecule is COc1cccc(-n2c(=O)[nH]c3cnc(-n4cnc5cc(F)ccc54)nc32)c1.COc1cccc(-n2c(=O)[nH]c3cnc(-n4cnc5ccc(F)cc54)nc32)c1. The first-order valence-electron chi connectivity index (χ1n) is 16.8. The van der Waals surface area contributed by atoms with Crippen molar-refractivity contribution < 1.29 is 18.3 Å². The second kappa shape index (κ2) is 13.4. The number of halogens is 2. The summed E-state index contributed by atoms with van der Waals surface area (Å²) in [5, 5.41) is 0. The highest BCUT2D eigenvalue weighted by Gasteiger charge is 2.17. The van der Waals surface area contributed by atoms with Crippen molar-refractivity contribution in [2.45, 2.75) is 0 Å². The molecule has 0 fully saturated rings. The lowest BCUT2D eigenvalue weighted by molar-refractivity contribution is 0.414. The minimum absolute atomic E-state index is 0.274. The van der Waals surface area contributed by atoms with Crippen molar-refractivity contribution in [1.82, 2.24) is 58.1 Å². The number of aromatic nitrogens is 12. The maximum atomic E-state index is 13.7. The molecule has 56 heavy (non-hydrogen) atoms. The van der Waals surface area contributed by atoms with Gasteiger partial charge in [-0.05, 0) is 48.5 Å². The Morgan fingerprint density at radius 1 is 0.571 bits per heavy atom. The summed E-state index contributed by atoms with van der Waals surface area (Å²) in [6, 6.07) is 22.8. The van der Waals surface area contributed by atoms with Crippen LogP contribution in [-0.2, 0) is 0 Å². The molecule has 6 aromatic heterocycles. The van der Waals surface area contributed by atoms with E-state index in [2.05, 4.69) is 39.9 Å². The van der Waals surface area contributed by atoms with Crippen LogP contribution in [0.15, 0.2) is 120 Å². The lowest BCUT2D eigenvalue weighted by Gasteiger charge is -2.07. The number of fused-ring (bicyclic) bond motifs is 4. The zero-order valence-corrected chi connectivity index (χ0v) is 29.3. The smallest absolute Gasteiger partial charge is 0.332 e. The van der Waals surface area contributed by atoms with Crippen LogP contribution in [0.3, 0.4) is 0 Å². The zero-order chi connectivity index (χ0) is 38.5. The molecule has 276 valence electrons. The van der Waals surface area contributed by atoms with Gasteiger partial charge in [-0.3, -0.25) is 9.13 Å². The molecule has 0 atom stereocenters. The molecule has 10 aromatic rings. The summed E-state index contributed by atoms with van der Waals surface area (Å²) in [7, 11) is 3.12. The molecule has 0 aliphatic rings. The number of benzene rings is 4. The van der Waals surface area contributed by atoms with Crippen molar-refractivity contribution >= 4 is 44.4 Å². The number of hydrogen-bond acceptors (Lipinski definition) is 10. The normalized spacial score (nSPS) is 11.4. The van der Waals surface area contributed by atoms with Crippen LogP contribution in [0.5, 0.6) is 11.5 Å². The third-order valence-electron chi connectivity index (χ3n) is 8.90. The predicted octanol–water partition coefficient (Wildman–Crippen LogP) is 5.19. The Balaban J connectivity index is 0.000000146. The summed E-state index contributed by atoms with van der Waals surface area (Å²) in [4.78, 5) is 56.7. The quantitative estimate of drug-likeness (QED) is 0.229. The van der Waals surface area contributed by atoms with E-state index in [1.807, 2.05) is 0 Å². The molecule has 0 saturated heterocycles.